The summed E-state index contributed by atoms with van der Waals surface area (Å²) < 4.78 is 11.8. The third-order valence-electron chi connectivity index (χ3n) is 3.92. The zero-order chi connectivity index (χ0) is 14.5. The molecule has 0 fully saturated rings. The fourth-order valence-electron chi connectivity index (χ4n) is 2.85. The maximum absolute atomic E-state index is 5.88. The van der Waals surface area contributed by atoms with Crippen LogP contribution in [0.2, 0.25) is 0 Å². The summed E-state index contributed by atoms with van der Waals surface area (Å²) in [5.74, 6) is 2.38. The largest absolute Gasteiger partial charge is 0.490 e. The Morgan fingerprint density at radius 3 is 2.10 bits per heavy atom. The normalized spacial score (nSPS) is 20.8. The average Bonchev–Trinajstić information content (AvgIpc) is 2.78. The Kier molecular flexibility index (Phi) is 5.30. The highest BCUT2D eigenvalue weighted by Crippen LogP contribution is 2.45. The van der Waals surface area contributed by atoms with E-state index in [1.807, 2.05) is 7.05 Å². The van der Waals surface area contributed by atoms with Crippen molar-refractivity contribution in [3.05, 3.63) is 23.3 Å². The number of fused-ring (bicyclic) bond motifs is 1. The van der Waals surface area contributed by atoms with Gasteiger partial charge in [0, 0.05) is 6.04 Å². The average molecular weight is 277 g/mol. The maximum atomic E-state index is 5.88. The Balaban J connectivity index is 2.33. The van der Waals surface area contributed by atoms with Crippen LogP contribution < -0.4 is 14.8 Å². The van der Waals surface area contributed by atoms with Crippen molar-refractivity contribution in [2.45, 2.75) is 52.0 Å². The number of rotatable bonds is 7. The third-order valence-corrected chi connectivity index (χ3v) is 3.92. The Labute approximate surface area is 122 Å². The second-order valence-electron chi connectivity index (χ2n) is 5.60. The molecule has 20 heavy (non-hydrogen) atoms. The molecule has 0 amide bonds. The van der Waals surface area contributed by atoms with E-state index in [9.17, 15) is 0 Å². The van der Waals surface area contributed by atoms with Crippen molar-refractivity contribution in [1.82, 2.24) is 5.32 Å². The quantitative estimate of drug-likeness (QED) is 0.816. The van der Waals surface area contributed by atoms with Crippen molar-refractivity contribution >= 4 is 0 Å². The molecule has 0 saturated heterocycles. The zero-order valence-corrected chi connectivity index (χ0v) is 13.2. The first-order chi connectivity index (χ1) is 9.71. The maximum Gasteiger partial charge on any atom is 0.161 e. The molecule has 0 radical (unpaired) electrons. The first-order valence-electron chi connectivity index (χ1n) is 7.81. The van der Waals surface area contributed by atoms with Crippen LogP contribution in [-0.4, -0.2) is 20.3 Å². The monoisotopic (exact) mass is 277 g/mol. The lowest BCUT2D eigenvalue weighted by molar-refractivity contribution is 0.268. The molecule has 1 aliphatic carbocycles. The van der Waals surface area contributed by atoms with Gasteiger partial charge in [-0.15, -0.1) is 0 Å². The molecular formula is C17H27NO2. The van der Waals surface area contributed by atoms with Crippen molar-refractivity contribution < 1.29 is 9.47 Å². The van der Waals surface area contributed by atoms with Crippen molar-refractivity contribution in [2.24, 2.45) is 0 Å². The van der Waals surface area contributed by atoms with Crippen LogP contribution in [0.25, 0.3) is 0 Å². The first kappa shape index (κ1) is 15.2. The molecule has 2 atom stereocenters. The van der Waals surface area contributed by atoms with Crippen molar-refractivity contribution in [2.75, 3.05) is 20.3 Å². The number of hydrogen-bond donors (Lipinski definition) is 1. The summed E-state index contributed by atoms with van der Waals surface area (Å²) in [6.45, 7) is 8.01. The summed E-state index contributed by atoms with van der Waals surface area (Å²) in [6.07, 6.45) is 3.17. The Hall–Kier alpha value is -1.22. The van der Waals surface area contributed by atoms with E-state index in [2.05, 4.69) is 38.2 Å². The van der Waals surface area contributed by atoms with Crippen LogP contribution in [-0.2, 0) is 0 Å². The lowest BCUT2D eigenvalue weighted by Crippen LogP contribution is -2.13. The minimum Gasteiger partial charge on any atom is -0.490 e. The van der Waals surface area contributed by atoms with Gasteiger partial charge in [-0.2, -0.15) is 0 Å². The fourth-order valence-corrected chi connectivity index (χ4v) is 2.85. The van der Waals surface area contributed by atoms with Gasteiger partial charge in [0.1, 0.15) is 0 Å². The van der Waals surface area contributed by atoms with Gasteiger partial charge in [-0.05, 0) is 55.5 Å². The number of nitrogens with one attached hydrogen (secondary N) is 1. The van der Waals surface area contributed by atoms with Crippen LogP contribution >= 0.6 is 0 Å². The predicted octanol–water partition coefficient (Wildman–Crippen LogP) is 4.03. The van der Waals surface area contributed by atoms with Gasteiger partial charge in [0.05, 0.1) is 13.2 Å². The molecule has 2 rings (SSSR count). The molecule has 0 heterocycles. The lowest BCUT2D eigenvalue weighted by Gasteiger charge is -2.16. The number of hydrogen-bond acceptors (Lipinski definition) is 3. The molecule has 3 heteroatoms. The van der Waals surface area contributed by atoms with Gasteiger partial charge in [0.15, 0.2) is 11.5 Å². The molecule has 0 saturated carbocycles. The van der Waals surface area contributed by atoms with Gasteiger partial charge in [0.25, 0.3) is 0 Å². The molecule has 1 aromatic rings. The number of benzene rings is 1. The molecule has 0 aromatic heterocycles. The van der Waals surface area contributed by atoms with Crippen LogP contribution in [0, 0.1) is 0 Å². The highest BCUT2D eigenvalue weighted by Gasteiger charge is 2.29. The highest BCUT2D eigenvalue weighted by atomic mass is 16.5. The summed E-state index contributed by atoms with van der Waals surface area (Å²) in [4.78, 5) is 0. The second-order valence-corrected chi connectivity index (χ2v) is 5.60. The minimum absolute atomic E-state index is 0.434. The SMILES string of the molecule is CCCOc1cc2c(cc1OCCC)C(NC)CC2C. The van der Waals surface area contributed by atoms with Crippen LogP contribution in [0.3, 0.4) is 0 Å². The predicted molar refractivity (Wildman–Crippen MR) is 82.8 cm³/mol. The summed E-state index contributed by atoms with van der Waals surface area (Å²) in [6, 6.07) is 4.81. The molecule has 2 unspecified atom stereocenters. The Morgan fingerprint density at radius 1 is 1.05 bits per heavy atom. The van der Waals surface area contributed by atoms with Crippen molar-refractivity contribution in [3.63, 3.8) is 0 Å². The number of ether oxygens (including phenoxy) is 2. The summed E-state index contributed by atoms with van der Waals surface area (Å²) in [7, 11) is 2.03. The molecule has 112 valence electrons. The van der Waals surface area contributed by atoms with E-state index in [-0.39, 0.29) is 0 Å². The molecule has 1 aromatic carbocycles. The van der Waals surface area contributed by atoms with Crippen LogP contribution in [0.15, 0.2) is 12.1 Å². The molecule has 1 N–H and O–H groups in total. The fraction of sp³-hybridized carbons (Fsp3) is 0.647. The van der Waals surface area contributed by atoms with Gasteiger partial charge in [-0.3, -0.25) is 0 Å². The molecule has 3 nitrogen and oxygen atoms in total. The molecule has 0 spiro atoms. The van der Waals surface area contributed by atoms with Gasteiger partial charge < -0.3 is 14.8 Å². The van der Waals surface area contributed by atoms with Crippen molar-refractivity contribution in [3.8, 4) is 11.5 Å². The lowest BCUT2D eigenvalue weighted by atomic mass is 10.0. The summed E-state index contributed by atoms with van der Waals surface area (Å²) in [5, 5.41) is 3.40. The first-order valence-corrected chi connectivity index (χ1v) is 7.81. The zero-order valence-electron chi connectivity index (χ0n) is 13.2. The van der Waals surface area contributed by atoms with Gasteiger partial charge >= 0.3 is 0 Å². The minimum atomic E-state index is 0.434. The van der Waals surface area contributed by atoms with E-state index in [1.165, 1.54) is 11.1 Å². The van der Waals surface area contributed by atoms with Crippen molar-refractivity contribution in [1.29, 1.82) is 0 Å². The highest BCUT2D eigenvalue weighted by molar-refractivity contribution is 5.51. The van der Waals surface area contributed by atoms with Crippen LogP contribution in [0.4, 0.5) is 0 Å². The molecule has 0 bridgehead atoms. The third kappa shape index (κ3) is 3.09. The van der Waals surface area contributed by atoms with E-state index < -0.39 is 0 Å². The van der Waals surface area contributed by atoms with Crippen LogP contribution in [0.1, 0.15) is 63.1 Å². The van der Waals surface area contributed by atoms with Gasteiger partial charge in [-0.25, -0.2) is 0 Å². The summed E-state index contributed by atoms with van der Waals surface area (Å²) >= 11 is 0. The Morgan fingerprint density at radius 2 is 1.60 bits per heavy atom. The molecular weight excluding hydrogens is 250 g/mol. The topological polar surface area (TPSA) is 30.5 Å². The van der Waals surface area contributed by atoms with E-state index in [1.54, 1.807) is 0 Å². The van der Waals surface area contributed by atoms with Gasteiger partial charge in [0.2, 0.25) is 0 Å². The van der Waals surface area contributed by atoms with E-state index in [0.29, 0.717) is 12.0 Å². The summed E-state index contributed by atoms with van der Waals surface area (Å²) in [5.41, 5.74) is 2.77. The Bertz CT molecular complexity index is 445. The second kappa shape index (κ2) is 6.98. The van der Waals surface area contributed by atoms with E-state index in [4.69, 9.17) is 9.47 Å². The molecule has 0 aliphatic heterocycles. The van der Waals surface area contributed by atoms with Gasteiger partial charge in [-0.1, -0.05) is 20.8 Å². The smallest absolute Gasteiger partial charge is 0.161 e. The molecule has 1 aliphatic rings. The standard InChI is InChI=1S/C17H27NO2/c1-5-7-19-16-10-13-12(3)9-15(18-4)14(13)11-17(16)20-8-6-2/h10-12,15,18H,5-9H2,1-4H3. The van der Waals surface area contributed by atoms with E-state index in [0.717, 1.165) is 44.0 Å². The van der Waals surface area contributed by atoms with Crippen LogP contribution in [0.5, 0.6) is 11.5 Å². The van der Waals surface area contributed by atoms with E-state index >= 15 is 0 Å².